The summed E-state index contributed by atoms with van der Waals surface area (Å²) in [5.74, 6) is -0.653. The van der Waals surface area contributed by atoms with Crippen molar-refractivity contribution in [3.8, 4) is 5.75 Å². The van der Waals surface area contributed by atoms with Gasteiger partial charge in [-0.2, -0.15) is 0 Å². The van der Waals surface area contributed by atoms with Crippen LogP contribution in [0.1, 0.15) is 33.6 Å². The molecule has 0 aliphatic heterocycles. The largest absolute Gasteiger partial charge is 0.849 e. The molecule has 166 valence electrons. The molecule has 3 rings (SSSR count). The SMILES string of the molecule is O=C(NCCCNc1c([O-])[c+](NCCCNC(=O)c2ccccc2)c1=O)c1ccccc1. The van der Waals surface area contributed by atoms with Gasteiger partial charge in [0.2, 0.25) is 0 Å². The lowest BCUT2D eigenvalue weighted by molar-refractivity contribution is -0.267. The third kappa shape index (κ3) is 6.04. The van der Waals surface area contributed by atoms with Gasteiger partial charge in [-0.05, 0) is 37.1 Å². The highest BCUT2D eigenvalue weighted by Gasteiger charge is 2.23. The summed E-state index contributed by atoms with van der Waals surface area (Å²) in [6, 6.07) is 17.8. The molecule has 3 aromatic carbocycles. The van der Waals surface area contributed by atoms with Gasteiger partial charge in [0.25, 0.3) is 11.8 Å². The van der Waals surface area contributed by atoms with Gasteiger partial charge in [-0.3, -0.25) is 14.4 Å². The van der Waals surface area contributed by atoms with Crippen LogP contribution < -0.4 is 31.8 Å². The van der Waals surface area contributed by atoms with E-state index in [1.807, 2.05) is 12.1 Å². The summed E-state index contributed by atoms with van der Waals surface area (Å²) in [4.78, 5) is 36.0. The zero-order chi connectivity index (χ0) is 22.8. The van der Waals surface area contributed by atoms with Crippen molar-refractivity contribution in [3.63, 3.8) is 0 Å². The van der Waals surface area contributed by atoms with Crippen LogP contribution in [0.15, 0.2) is 65.5 Å². The lowest BCUT2D eigenvalue weighted by Crippen LogP contribution is -2.29. The van der Waals surface area contributed by atoms with Crippen LogP contribution in [0, 0.1) is 0 Å². The van der Waals surface area contributed by atoms with Gasteiger partial charge in [0.1, 0.15) is 0 Å². The average molecular weight is 434 g/mol. The second-order valence-electron chi connectivity index (χ2n) is 7.21. The molecule has 2 amide bonds. The molecular formula is C24H26N4O4. The Bertz CT molecular complexity index is 970. The molecule has 0 saturated heterocycles. The Morgan fingerprint density at radius 1 is 0.750 bits per heavy atom. The number of rotatable bonds is 12. The van der Waals surface area contributed by atoms with Crippen LogP contribution in [0.3, 0.4) is 0 Å². The minimum atomic E-state index is -0.336. The lowest BCUT2D eigenvalue weighted by atomic mass is 10.1. The summed E-state index contributed by atoms with van der Waals surface area (Å²) >= 11 is 0. The van der Waals surface area contributed by atoms with E-state index in [0.29, 0.717) is 50.1 Å². The summed E-state index contributed by atoms with van der Waals surface area (Å²) in [7, 11) is 0. The van der Waals surface area contributed by atoms with E-state index in [9.17, 15) is 19.5 Å². The number of nitrogens with one attached hydrogen (secondary N) is 4. The quantitative estimate of drug-likeness (QED) is 0.254. The van der Waals surface area contributed by atoms with Crippen LogP contribution in [-0.4, -0.2) is 38.0 Å². The molecule has 0 saturated carbocycles. The minimum absolute atomic E-state index is 0.0688. The fourth-order valence-corrected chi connectivity index (χ4v) is 3.11. The number of carbonyl (C=O) groups is 2. The van der Waals surface area contributed by atoms with E-state index in [0.717, 1.165) is 0 Å². The first kappa shape index (κ1) is 22.7. The number of amides is 2. The molecule has 3 aromatic rings. The predicted octanol–water partition coefficient (Wildman–Crippen LogP) is 1.74. The van der Waals surface area contributed by atoms with E-state index in [4.69, 9.17) is 0 Å². The zero-order valence-electron chi connectivity index (χ0n) is 17.6. The Morgan fingerprint density at radius 2 is 1.25 bits per heavy atom. The van der Waals surface area contributed by atoms with Crippen molar-refractivity contribution in [2.75, 3.05) is 36.8 Å². The van der Waals surface area contributed by atoms with Crippen LogP contribution in [0.25, 0.3) is 0 Å². The van der Waals surface area contributed by atoms with E-state index >= 15 is 0 Å². The van der Waals surface area contributed by atoms with Gasteiger partial charge >= 0.3 is 5.43 Å². The first-order chi connectivity index (χ1) is 15.6. The number of benzene rings is 2. The van der Waals surface area contributed by atoms with Crippen molar-refractivity contribution < 1.29 is 14.7 Å². The third-order valence-electron chi connectivity index (χ3n) is 4.86. The van der Waals surface area contributed by atoms with Crippen molar-refractivity contribution in [2.45, 2.75) is 12.8 Å². The molecule has 0 unspecified atom stereocenters. The Labute approximate surface area is 186 Å². The maximum absolute atomic E-state index is 12.1. The Hall–Kier alpha value is -3.94. The Morgan fingerprint density at radius 3 is 1.75 bits per heavy atom. The molecule has 0 aromatic heterocycles. The number of hydrogen-bond donors (Lipinski definition) is 4. The maximum atomic E-state index is 12.1. The highest BCUT2D eigenvalue weighted by molar-refractivity contribution is 5.94. The fourth-order valence-electron chi connectivity index (χ4n) is 3.11. The highest BCUT2D eigenvalue weighted by atomic mass is 16.3. The van der Waals surface area contributed by atoms with Gasteiger partial charge in [0.15, 0.2) is 11.4 Å². The first-order valence-corrected chi connectivity index (χ1v) is 10.6. The van der Waals surface area contributed by atoms with Gasteiger partial charge in [0.05, 0.1) is 5.75 Å². The third-order valence-corrected chi connectivity index (χ3v) is 4.86. The minimum Gasteiger partial charge on any atom is -0.849 e. The first-order valence-electron chi connectivity index (χ1n) is 10.6. The van der Waals surface area contributed by atoms with E-state index in [1.165, 1.54) is 0 Å². The van der Waals surface area contributed by atoms with Gasteiger partial charge in [-0.1, -0.05) is 36.4 Å². The molecule has 0 spiro atoms. The summed E-state index contributed by atoms with van der Waals surface area (Å²) < 4.78 is 0. The fraction of sp³-hybridized carbons (Fsp3) is 0.250. The van der Waals surface area contributed by atoms with Crippen LogP contribution >= 0.6 is 0 Å². The van der Waals surface area contributed by atoms with Crippen LogP contribution in [0.4, 0.5) is 11.4 Å². The van der Waals surface area contributed by atoms with E-state index < -0.39 is 0 Å². The molecule has 0 fully saturated rings. The maximum Gasteiger partial charge on any atom is 0.330 e. The van der Waals surface area contributed by atoms with Crippen molar-refractivity contribution in [1.82, 2.24) is 10.6 Å². The molecule has 0 atom stereocenters. The van der Waals surface area contributed by atoms with Crippen molar-refractivity contribution in [3.05, 3.63) is 82.0 Å². The molecule has 8 heteroatoms. The van der Waals surface area contributed by atoms with Crippen molar-refractivity contribution in [1.29, 1.82) is 0 Å². The molecular weight excluding hydrogens is 408 g/mol. The molecule has 0 bridgehead atoms. The van der Waals surface area contributed by atoms with Crippen LogP contribution in [0.5, 0.6) is 5.75 Å². The zero-order valence-corrected chi connectivity index (χ0v) is 17.6. The summed E-state index contributed by atoms with van der Waals surface area (Å²) in [5, 5.41) is 23.4. The molecule has 0 aliphatic rings. The van der Waals surface area contributed by atoms with E-state index in [-0.39, 0.29) is 34.4 Å². The predicted molar refractivity (Wildman–Crippen MR) is 123 cm³/mol. The van der Waals surface area contributed by atoms with Gasteiger partial charge < -0.3 is 26.4 Å². The molecule has 0 aliphatic carbocycles. The number of anilines is 2. The lowest BCUT2D eigenvalue weighted by Gasteiger charge is -2.17. The summed E-state index contributed by atoms with van der Waals surface area (Å²) in [6.45, 7) is 1.67. The van der Waals surface area contributed by atoms with Crippen molar-refractivity contribution >= 4 is 23.2 Å². The second-order valence-corrected chi connectivity index (χ2v) is 7.21. The van der Waals surface area contributed by atoms with Gasteiger partial charge in [-0.25, -0.2) is 0 Å². The van der Waals surface area contributed by atoms with Crippen LogP contribution in [-0.2, 0) is 0 Å². The average Bonchev–Trinajstić information content (AvgIpc) is 2.84. The Balaban J connectivity index is 1.29. The monoisotopic (exact) mass is 434 g/mol. The molecule has 8 nitrogen and oxygen atoms in total. The highest BCUT2D eigenvalue weighted by Crippen LogP contribution is 2.29. The molecule has 0 heterocycles. The topological polar surface area (TPSA) is 122 Å². The second kappa shape index (κ2) is 11.5. The van der Waals surface area contributed by atoms with Gasteiger partial charge in [-0.15, -0.1) is 0 Å². The smallest absolute Gasteiger partial charge is 0.330 e. The number of hydrogen-bond acceptors (Lipinski definition) is 6. The van der Waals surface area contributed by atoms with Gasteiger partial charge in [0, 0.05) is 37.3 Å². The number of carbonyl (C=O) groups excluding carboxylic acids is 2. The normalized spacial score (nSPS) is 10.5. The van der Waals surface area contributed by atoms with E-state index in [1.54, 1.807) is 48.5 Å². The molecule has 32 heavy (non-hydrogen) atoms. The molecule has 0 radical (unpaired) electrons. The van der Waals surface area contributed by atoms with Crippen LogP contribution in [0.2, 0.25) is 0 Å². The standard InChI is InChI=1S/C24H26N4O4/c29-21-19(25-13-7-15-27-23(31)17-9-3-1-4-10-17)22(30)20(21)26-14-8-16-28-24(32)18-11-5-2-6-12-18/h1-6,9-12,25-26H,7-8,13-16H2,(H2-,27,28,29,30,31,32). The van der Waals surface area contributed by atoms with E-state index in [2.05, 4.69) is 21.3 Å². The Kier molecular flexibility index (Phi) is 8.14. The molecule has 4 N–H and O–H groups in total. The van der Waals surface area contributed by atoms with Crippen molar-refractivity contribution in [2.24, 2.45) is 0 Å². The summed E-state index contributed by atoms with van der Waals surface area (Å²) in [5.41, 5.74) is 0.975. The summed E-state index contributed by atoms with van der Waals surface area (Å²) in [6.07, 6.45) is 1.15.